The second-order valence-corrected chi connectivity index (χ2v) is 5.63. The van der Waals surface area contributed by atoms with Crippen LogP contribution in [-0.2, 0) is 22.4 Å². The lowest BCUT2D eigenvalue weighted by atomic mass is 10.1. The number of nitrogens with one attached hydrogen (secondary N) is 3. The summed E-state index contributed by atoms with van der Waals surface area (Å²) in [5, 5.41) is 7.41. The fraction of sp³-hybridized carbons (Fsp3) is 0.471. The largest absolute Gasteiger partial charge is 0.378 e. The molecule has 1 unspecified atom stereocenters. The second-order valence-electron chi connectivity index (χ2n) is 5.63. The number of aromatic nitrogens is 1. The van der Waals surface area contributed by atoms with Crippen molar-refractivity contribution in [3.8, 4) is 0 Å². The number of hydrogen-bond donors (Lipinski definition) is 3. The molecule has 2 aromatic rings. The molecule has 0 radical (unpaired) electrons. The molecule has 0 spiro atoms. The number of aromatic amines is 1. The van der Waals surface area contributed by atoms with Gasteiger partial charge in [-0.3, -0.25) is 4.79 Å². The van der Waals surface area contributed by atoms with E-state index >= 15 is 0 Å². The highest BCUT2D eigenvalue weighted by molar-refractivity contribution is 5.86. The zero-order chi connectivity index (χ0) is 15.4. The number of amides is 1. The number of ether oxygens (including phenoxy) is 1. The van der Waals surface area contributed by atoms with E-state index in [1.807, 2.05) is 0 Å². The highest BCUT2D eigenvalue weighted by Crippen LogP contribution is 2.22. The Kier molecular flexibility index (Phi) is 6.45. The number of fused-ring (bicyclic) bond motifs is 1. The van der Waals surface area contributed by atoms with E-state index in [0.29, 0.717) is 19.8 Å². The number of aryl methyl sites for hydroxylation is 1. The predicted molar refractivity (Wildman–Crippen MR) is 94.2 cm³/mol. The van der Waals surface area contributed by atoms with Crippen LogP contribution in [0, 0.1) is 0 Å². The third kappa shape index (κ3) is 4.05. The summed E-state index contributed by atoms with van der Waals surface area (Å²) in [7, 11) is 0. The molecule has 1 amide bonds. The molecule has 1 atom stereocenters. The van der Waals surface area contributed by atoms with Gasteiger partial charge in [-0.1, -0.05) is 25.1 Å². The maximum atomic E-state index is 12.0. The normalized spacial score (nSPS) is 17.7. The third-order valence-corrected chi connectivity index (χ3v) is 4.20. The van der Waals surface area contributed by atoms with Crippen molar-refractivity contribution in [3.63, 3.8) is 0 Å². The second kappa shape index (κ2) is 8.34. The van der Waals surface area contributed by atoms with E-state index in [-0.39, 0.29) is 24.4 Å². The number of hydrogen-bond acceptors (Lipinski definition) is 3. The van der Waals surface area contributed by atoms with Crippen LogP contribution >= 0.6 is 12.4 Å². The monoisotopic (exact) mass is 337 g/mol. The molecule has 1 aliphatic heterocycles. The first-order valence-electron chi connectivity index (χ1n) is 7.96. The fourth-order valence-corrected chi connectivity index (χ4v) is 2.95. The summed E-state index contributed by atoms with van der Waals surface area (Å²) < 4.78 is 5.31. The zero-order valence-electron chi connectivity index (χ0n) is 13.4. The van der Waals surface area contributed by atoms with E-state index < -0.39 is 0 Å². The summed E-state index contributed by atoms with van der Waals surface area (Å²) in [4.78, 5) is 15.4. The van der Waals surface area contributed by atoms with Gasteiger partial charge in [-0.25, -0.2) is 0 Å². The highest BCUT2D eigenvalue weighted by Gasteiger charge is 2.20. The van der Waals surface area contributed by atoms with E-state index in [1.54, 1.807) is 0 Å². The Morgan fingerprint density at radius 1 is 1.39 bits per heavy atom. The van der Waals surface area contributed by atoms with Crippen LogP contribution in [0.4, 0.5) is 0 Å². The van der Waals surface area contributed by atoms with Crippen molar-refractivity contribution in [2.45, 2.75) is 25.8 Å². The molecule has 1 aliphatic rings. The van der Waals surface area contributed by atoms with Gasteiger partial charge in [-0.05, 0) is 24.0 Å². The molecule has 0 aliphatic carbocycles. The molecule has 126 valence electrons. The summed E-state index contributed by atoms with van der Waals surface area (Å²) in [6, 6.07) is 6.17. The van der Waals surface area contributed by atoms with Crippen LogP contribution in [0.1, 0.15) is 18.1 Å². The Morgan fingerprint density at radius 3 is 3.00 bits per heavy atom. The van der Waals surface area contributed by atoms with Crippen LogP contribution in [0.2, 0.25) is 0 Å². The van der Waals surface area contributed by atoms with Crippen molar-refractivity contribution in [3.05, 3.63) is 35.5 Å². The van der Waals surface area contributed by atoms with Gasteiger partial charge in [0.1, 0.15) is 6.04 Å². The minimum Gasteiger partial charge on any atom is -0.378 e. The quantitative estimate of drug-likeness (QED) is 0.779. The lowest BCUT2D eigenvalue weighted by Gasteiger charge is -2.22. The van der Waals surface area contributed by atoms with Crippen LogP contribution in [-0.4, -0.2) is 43.2 Å². The first-order valence-corrected chi connectivity index (χ1v) is 7.96. The molecule has 0 bridgehead atoms. The van der Waals surface area contributed by atoms with Gasteiger partial charge in [0.05, 0.1) is 13.2 Å². The lowest BCUT2D eigenvalue weighted by Crippen LogP contribution is -2.51. The first-order chi connectivity index (χ1) is 10.8. The first kappa shape index (κ1) is 17.8. The Bertz CT molecular complexity index is 650. The number of H-pyrrole nitrogens is 1. The average molecular weight is 338 g/mol. The molecule has 2 heterocycles. The Labute approximate surface area is 142 Å². The SMILES string of the molecule is CCc1cccc2c(CCNC(=O)C3COCCN3)c[nH]c12.Cl. The number of carbonyl (C=O) groups excluding carboxylic acids is 1. The van der Waals surface area contributed by atoms with Gasteiger partial charge >= 0.3 is 0 Å². The van der Waals surface area contributed by atoms with Crippen LogP contribution in [0.15, 0.2) is 24.4 Å². The van der Waals surface area contributed by atoms with E-state index in [2.05, 4.69) is 46.9 Å². The van der Waals surface area contributed by atoms with Crippen molar-refractivity contribution < 1.29 is 9.53 Å². The molecule has 1 aromatic heterocycles. The van der Waals surface area contributed by atoms with Crippen molar-refractivity contribution in [2.24, 2.45) is 0 Å². The van der Waals surface area contributed by atoms with Crippen LogP contribution in [0.5, 0.6) is 0 Å². The smallest absolute Gasteiger partial charge is 0.239 e. The molecule has 1 fully saturated rings. The summed E-state index contributed by atoms with van der Waals surface area (Å²) in [6.45, 7) is 4.67. The van der Waals surface area contributed by atoms with E-state index in [9.17, 15) is 4.79 Å². The molecular weight excluding hydrogens is 314 g/mol. The van der Waals surface area contributed by atoms with Crippen molar-refractivity contribution in [1.29, 1.82) is 0 Å². The molecule has 23 heavy (non-hydrogen) atoms. The molecule has 3 rings (SSSR count). The van der Waals surface area contributed by atoms with Gasteiger partial charge in [0.15, 0.2) is 0 Å². The standard InChI is InChI=1S/C17H23N3O2.ClH/c1-2-12-4-3-5-14-13(10-20-16(12)14)6-7-19-17(21)15-11-22-9-8-18-15;/h3-5,10,15,18,20H,2,6-9,11H2,1H3,(H,19,21);1H. The number of halogens is 1. The summed E-state index contributed by atoms with van der Waals surface area (Å²) in [5.74, 6) is 0.0220. The Balaban J connectivity index is 0.00000192. The van der Waals surface area contributed by atoms with E-state index in [4.69, 9.17) is 4.74 Å². The molecule has 6 heteroatoms. The van der Waals surface area contributed by atoms with Crippen LogP contribution in [0.3, 0.4) is 0 Å². The number of carbonyl (C=O) groups is 1. The lowest BCUT2D eigenvalue weighted by molar-refractivity contribution is -0.125. The maximum Gasteiger partial charge on any atom is 0.239 e. The van der Waals surface area contributed by atoms with Gasteiger partial charge in [0.25, 0.3) is 0 Å². The average Bonchev–Trinajstić information content (AvgIpc) is 2.99. The summed E-state index contributed by atoms with van der Waals surface area (Å²) >= 11 is 0. The van der Waals surface area contributed by atoms with Gasteiger partial charge in [-0.2, -0.15) is 0 Å². The van der Waals surface area contributed by atoms with Crippen LogP contribution < -0.4 is 10.6 Å². The minimum atomic E-state index is -0.219. The molecule has 0 saturated carbocycles. The Morgan fingerprint density at radius 2 is 2.26 bits per heavy atom. The van der Waals surface area contributed by atoms with Gasteiger partial charge < -0.3 is 20.4 Å². The number of morpholine rings is 1. The number of rotatable bonds is 5. The minimum absolute atomic E-state index is 0. The van der Waals surface area contributed by atoms with Crippen molar-refractivity contribution in [2.75, 3.05) is 26.3 Å². The number of benzene rings is 1. The molecule has 3 N–H and O–H groups in total. The van der Waals surface area contributed by atoms with Crippen molar-refractivity contribution >= 4 is 29.2 Å². The Hall–Kier alpha value is -1.56. The topological polar surface area (TPSA) is 66.2 Å². The van der Waals surface area contributed by atoms with Gasteiger partial charge in [0, 0.05) is 30.2 Å². The molecule has 1 aromatic carbocycles. The maximum absolute atomic E-state index is 12.0. The van der Waals surface area contributed by atoms with Gasteiger partial charge in [-0.15, -0.1) is 12.4 Å². The van der Waals surface area contributed by atoms with E-state index in [0.717, 1.165) is 19.4 Å². The fourth-order valence-electron chi connectivity index (χ4n) is 2.95. The third-order valence-electron chi connectivity index (χ3n) is 4.20. The van der Waals surface area contributed by atoms with E-state index in [1.165, 1.54) is 22.0 Å². The van der Waals surface area contributed by atoms with Crippen molar-refractivity contribution in [1.82, 2.24) is 15.6 Å². The predicted octanol–water partition coefficient (Wildman–Crippen LogP) is 1.80. The summed E-state index contributed by atoms with van der Waals surface area (Å²) in [5.41, 5.74) is 3.79. The number of para-hydroxylation sites is 1. The van der Waals surface area contributed by atoms with Crippen LogP contribution in [0.25, 0.3) is 10.9 Å². The zero-order valence-corrected chi connectivity index (χ0v) is 14.2. The molecule has 1 saturated heterocycles. The molecular formula is C17H24ClN3O2. The van der Waals surface area contributed by atoms with Gasteiger partial charge in [0.2, 0.25) is 5.91 Å². The molecule has 5 nitrogen and oxygen atoms in total. The highest BCUT2D eigenvalue weighted by atomic mass is 35.5. The summed E-state index contributed by atoms with van der Waals surface area (Å²) in [6.07, 6.45) is 3.89.